The Hall–Kier alpha value is -1.92. The van der Waals surface area contributed by atoms with Crippen LogP contribution in [0.1, 0.15) is 43.1 Å². The standard InChI is InChI=1S/C25H36N2O3.ClH/c1-4-16-26-18-23(28)19-30-24(25(29)21-10-8-7-9-11-21)17-20-12-14-22(15-13-20)27(5-2)6-3;/h7-15,23-24,26,28H,4-6,16-19H2,1-3H3;1H. The van der Waals surface area contributed by atoms with Gasteiger partial charge in [0.2, 0.25) is 0 Å². The molecule has 0 saturated heterocycles. The molecule has 0 spiro atoms. The van der Waals surface area contributed by atoms with Crippen molar-refractivity contribution >= 4 is 23.9 Å². The molecule has 2 aromatic rings. The van der Waals surface area contributed by atoms with E-state index in [4.69, 9.17) is 4.74 Å². The number of benzene rings is 2. The summed E-state index contributed by atoms with van der Waals surface area (Å²) in [4.78, 5) is 15.3. The van der Waals surface area contributed by atoms with Gasteiger partial charge in [-0.25, -0.2) is 0 Å². The van der Waals surface area contributed by atoms with Gasteiger partial charge in [-0.1, -0.05) is 49.4 Å². The molecule has 0 saturated carbocycles. The monoisotopic (exact) mass is 448 g/mol. The molecule has 0 aliphatic rings. The molecule has 0 aliphatic heterocycles. The van der Waals surface area contributed by atoms with Gasteiger partial charge in [-0.05, 0) is 44.5 Å². The zero-order chi connectivity index (χ0) is 21.8. The Kier molecular flexibility index (Phi) is 13.1. The quantitative estimate of drug-likeness (QED) is 0.336. The first kappa shape index (κ1) is 27.1. The van der Waals surface area contributed by atoms with E-state index in [0.717, 1.165) is 31.6 Å². The summed E-state index contributed by atoms with van der Waals surface area (Å²) in [5.74, 6) is -0.0582. The van der Waals surface area contributed by atoms with Gasteiger partial charge in [-0.3, -0.25) is 4.79 Å². The number of ether oxygens (including phenoxy) is 1. The van der Waals surface area contributed by atoms with Crippen molar-refractivity contribution in [1.29, 1.82) is 0 Å². The summed E-state index contributed by atoms with van der Waals surface area (Å²) in [6.07, 6.45) is 0.202. The van der Waals surface area contributed by atoms with Crippen molar-refractivity contribution in [3.05, 3.63) is 65.7 Å². The third-order valence-electron chi connectivity index (χ3n) is 5.13. The Morgan fingerprint density at radius 2 is 1.68 bits per heavy atom. The molecule has 0 heterocycles. The van der Waals surface area contributed by atoms with E-state index in [1.54, 1.807) is 12.1 Å². The third-order valence-corrected chi connectivity index (χ3v) is 5.13. The second-order valence-corrected chi connectivity index (χ2v) is 7.45. The highest BCUT2D eigenvalue weighted by molar-refractivity contribution is 5.99. The minimum absolute atomic E-state index is 0. The van der Waals surface area contributed by atoms with Crippen molar-refractivity contribution in [2.24, 2.45) is 0 Å². The van der Waals surface area contributed by atoms with Gasteiger partial charge in [0.1, 0.15) is 6.10 Å². The van der Waals surface area contributed by atoms with Crippen LogP contribution < -0.4 is 10.2 Å². The van der Waals surface area contributed by atoms with Crippen LogP contribution in [-0.4, -0.2) is 55.9 Å². The van der Waals surface area contributed by atoms with Crippen molar-refractivity contribution in [1.82, 2.24) is 5.32 Å². The maximum absolute atomic E-state index is 13.1. The number of aliphatic hydroxyl groups excluding tert-OH is 1. The lowest BCUT2D eigenvalue weighted by atomic mass is 9.99. The van der Waals surface area contributed by atoms with Crippen molar-refractivity contribution < 1.29 is 14.6 Å². The number of nitrogens with one attached hydrogen (secondary N) is 1. The number of aliphatic hydroxyl groups is 1. The molecule has 0 bridgehead atoms. The summed E-state index contributed by atoms with van der Waals surface area (Å²) < 4.78 is 5.92. The van der Waals surface area contributed by atoms with Crippen LogP contribution in [0.5, 0.6) is 0 Å². The average molecular weight is 449 g/mol. The molecule has 2 N–H and O–H groups in total. The second-order valence-electron chi connectivity index (χ2n) is 7.45. The Morgan fingerprint density at radius 1 is 1.03 bits per heavy atom. The van der Waals surface area contributed by atoms with Gasteiger partial charge in [-0.15, -0.1) is 12.4 Å². The lowest BCUT2D eigenvalue weighted by Crippen LogP contribution is -2.35. The van der Waals surface area contributed by atoms with Crippen LogP contribution in [0.3, 0.4) is 0 Å². The Balaban J connectivity index is 0.00000480. The molecule has 172 valence electrons. The largest absolute Gasteiger partial charge is 0.389 e. The molecule has 2 aromatic carbocycles. The van der Waals surface area contributed by atoms with Gasteiger partial charge >= 0.3 is 0 Å². The zero-order valence-electron chi connectivity index (χ0n) is 18.9. The lowest BCUT2D eigenvalue weighted by molar-refractivity contribution is -0.00162. The Labute approximate surface area is 193 Å². The molecule has 2 unspecified atom stereocenters. The summed E-state index contributed by atoms with van der Waals surface area (Å²) in [6.45, 7) is 9.70. The predicted octanol–water partition coefficient (Wildman–Crippen LogP) is 4.13. The maximum atomic E-state index is 13.1. The van der Waals surface area contributed by atoms with E-state index >= 15 is 0 Å². The number of halogens is 1. The van der Waals surface area contributed by atoms with Gasteiger partial charge in [0.15, 0.2) is 5.78 Å². The lowest BCUT2D eigenvalue weighted by Gasteiger charge is -2.22. The third kappa shape index (κ3) is 8.99. The molecule has 0 radical (unpaired) electrons. The number of anilines is 1. The summed E-state index contributed by atoms with van der Waals surface area (Å²) >= 11 is 0. The number of rotatable bonds is 14. The first-order valence-corrected chi connectivity index (χ1v) is 11.0. The van der Waals surface area contributed by atoms with E-state index in [9.17, 15) is 9.90 Å². The summed E-state index contributed by atoms with van der Waals surface area (Å²) in [6, 6.07) is 17.5. The molecular weight excluding hydrogens is 412 g/mol. The number of carbonyl (C=O) groups is 1. The van der Waals surface area contributed by atoms with E-state index < -0.39 is 12.2 Å². The molecule has 6 heteroatoms. The van der Waals surface area contributed by atoms with Crippen LogP contribution in [0.4, 0.5) is 5.69 Å². The van der Waals surface area contributed by atoms with Crippen LogP contribution >= 0.6 is 12.4 Å². The van der Waals surface area contributed by atoms with Crippen LogP contribution in [-0.2, 0) is 11.2 Å². The fourth-order valence-electron chi connectivity index (χ4n) is 3.39. The van der Waals surface area contributed by atoms with Crippen molar-refractivity contribution in [3.63, 3.8) is 0 Å². The summed E-state index contributed by atoms with van der Waals surface area (Å²) in [5.41, 5.74) is 2.84. The first-order chi connectivity index (χ1) is 14.6. The van der Waals surface area contributed by atoms with E-state index in [-0.39, 0.29) is 24.8 Å². The first-order valence-electron chi connectivity index (χ1n) is 11.0. The van der Waals surface area contributed by atoms with Gasteiger partial charge in [-0.2, -0.15) is 0 Å². The fraction of sp³-hybridized carbons (Fsp3) is 0.480. The zero-order valence-corrected chi connectivity index (χ0v) is 19.7. The molecular formula is C25H37ClN2O3. The van der Waals surface area contributed by atoms with E-state index in [1.165, 1.54) is 5.69 Å². The molecule has 2 rings (SSSR count). The highest BCUT2D eigenvalue weighted by Gasteiger charge is 2.22. The van der Waals surface area contributed by atoms with Crippen LogP contribution in [0.15, 0.2) is 54.6 Å². The van der Waals surface area contributed by atoms with Crippen LogP contribution in [0, 0.1) is 0 Å². The average Bonchev–Trinajstić information content (AvgIpc) is 2.78. The minimum atomic E-state index is -0.646. The van der Waals surface area contributed by atoms with E-state index in [2.05, 4.69) is 55.3 Å². The number of hydrogen-bond acceptors (Lipinski definition) is 5. The number of ketones is 1. The topological polar surface area (TPSA) is 61.8 Å². The van der Waals surface area contributed by atoms with Gasteiger partial charge in [0, 0.05) is 37.3 Å². The molecule has 31 heavy (non-hydrogen) atoms. The van der Waals surface area contributed by atoms with E-state index in [1.807, 2.05) is 18.2 Å². The van der Waals surface area contributed by atoms with Gasteiger partial charge in [0.05, 0.1) is 12.7 Å². The number of carbonyl (C=O) groups excluding carboxylic acids is 1. The number of nitrogens with zero attached hydrogens (tertiary/aromatic N) is 1. The highest BCUT2D eigenvalue weighted by Crippen LogP contribution is 2.18. The normalized spacial score (nSPS) is 12.6. The maximum Gasteiger partial charge on any atom is 0.191 e. The SMILES string of the molecule is CCCNCC(O)COC(Cc1ccc(N(CC)CC)cc1)C(=O)c1ccccc1.Cl. The summed E-state index contributed by atoms with van der Waals surface area (Å²) in [5, 5.41) is 13.4. The number of Topliss-reactive ketones (excluding diaryl/α,β-unsaturated/α-hetero) is 1. The molecule has 0 amide bonds. The molecule has 0 aromatic heterocycles. The van der Waals surface area contributed by atoms with Gasteiger partial charge < -0.3 is 20.1 Å². The number of hydrogen-bond donors (Lipinski definition) is 2. The van der Waals surface area contributed by atoms with Crippen LogP contribution in [0.25, 0.3) is 0 Å². The highest BCUT2D eigenvalue weighted by atomic mass is 35.5. The Bertz CT molecular complexity index is 736. The van der Waals surface area contributed by atoms with Gasteiger partial charge in [0.25, 0.3) is 0 Å². The summed E-state index contributed by atoms with van der Waals surface area (Å²) in [7, 11) is 0. The fourth-order valence-corrected chi connectivity index (χ4v) is 3.39. The molecule has 5 nitrogen and oxygen atoms in total. The minimum Gasteiger partial charge on any atom is -0.389 e. The predicted molar refractivity (Wildman–Crippen MR) is 131 cm³/mol. The smallest absolute Gasteiger partial charge is 0.191 e. The van der Waals surface area contributed by atoms with Crippen molar-refractivity contribution in [3.8, 4) is 0 Å². The Morgan fingerprint density at radius 3 is 2.26 bits per heavy atom. The van der Waals surface area contributed by atoms with Crippen molar-refractivity contribution in [2.75, 3.05) is 37.7 Å². The van der Waals surface area contributed by atoms with Crippen molar-refractivity contribution in [2.45, 2.75) is 45.8 Å². The van der Waals surface area contributed by atoms with E-state index in [0.29, 0.717) is 18.5 Å². The van der Waals surface area contributed by atoms with Crippen LogP contribution in [0.2, 0.25) is 0 Å². The molecule has 0 fully saturated rings. The second kappa shape index (κ2) is 15.0. The molecule has 0 aliphatic carbocycles. The molecule has 2 atom stereocenters.